The normalized spacial score (nSPS) is 9.92. The summed E-state index contributed by atoms with van der Waals surface area (Å²) in [5, 5.41) is 2.65. The summed E-state index contributed by atoms with van der Waals surface area (Å²) in [5.41, 5.74) is 6.60. The zero-order valence-electron chi connectivity index (χ0n) is 12.9. The highest BCUT2D eigenvalue weighted by Gasteiger charge is 2.08. The van der Waals surface area contributed by atoms with Crippen molar-refractivity contribution in [2.24, 2.45) is 0 Å². The average Bonchev–Trinajstić information content (AvgIpc) is 2.54. The topological polar surface area (TPSA) is 87.3 Å². The molecular weight excluding hydrogens is 374 g/mol. The molecule has 0 unspecified atom stereocenters. The van der Waals surface area contributed by atoms with Gasteiger partial charge in [-0.1, -0.05) is 28.1 Å². The molecule has 0 aliphatic rings. The third-order valence-corrected chi connectivity index (χ3v) is 3.59. The lowest BCUT2D eigenvalue weighted by atomic mass is 10.1. The molecule has 0 heterocycles. The molecule has 0 radical (unpaired) electrons. The molecule has 0 fully saturated rings. The SMILES string of the molecule is CC(=O)Nc1ccc(CC(=O)NNC(=O)c2ccc(Br)cc2)cc1. The van der Waals surface area contributed by atoms with Crippen LogP contribution in [0.2, 0.25) is 0 Å². The number of hydrazine groups is 1. The lowest BCUT2D eigenvalue weighted by Gasteiger charge is -2.08. The molecule has 0 bridgehead atoms. The summed E-state index contributed by atoms with van der Waals surface area (Å²) in [6.07, 6.45) is 0.112. The zero-order valence-corrected chi connectivity index (χ0v) is 14.5. The fraction of sp³-hybridized carbons (Fsp3) is 0.118. The fourth-order valence-electron chi connectivity index (χ4n) is 1.94. The highest BCUT2D eigenvalue weighted by Crippen LogP contribution is 2.11. The molecule has 0 atom stereocenters. The lowest BCUT2D eigenvalue weighted by molar-refractivity contribution is -0.121. The van der Waals surface area contributed by atoms with Gasteiger partial charge in [-0.3, -0.25) is 25.2 Å². The molecule has 3 N–H and O–H groups in total. The van der Waals surface area contributed by atoms with E-state index < -0.39 is 5.91 Å². The van der Waals surface area contributed by atoms with Crippen LogP contribution in [0.25, 0.3) is 0 Å². The number of hydrogen-bond acceptors (Lipinski definition) is 3. The predicted molar refractivity (Wildman–Crippen MR) is 94.2 cm³/mol. The Kier molecular flexibility index (Phi) is 6.08. The highest BCUT2D eigenvalue weighted by molar-refractivity contribution is 9.10. The summed E-state index contributed by atoms with van der Waals surface area (Å²) in [7, 11) is 0. The maximum absolute atomic E-state index is 11.9. The van der Waals surface area contributed by atoms with E-state index in [1.807, 2.05) is 0 Å². The maximum Gasteiger partial charge on any atom is 0.269 e. The standard InChI is InChI=1S/C17H16BrN3O3/c1-11(22)19-15-8-2-12(3-9-15)10-16(23)20-21-17(24)13-4-6-14(18)7-5-13/h2-9H,10H2,1H3,(H,19,22)(H,20,23)(H,21,24). The lowest BCUT2D eigenvalue weighted by Crippen LogP contribution is -2.42. The summed E-state index contributed by atoms with van der Waals surface area (Å²) >= 11 is 3.29. The van der Waals surface area contributed by atoms with E-state index in [9.17, 15) is 14.4 Å². The quantitative estimate of drug-likeness (QED) is 0.701. The fourth-order valence-corrected chi connectivity index (χ4v) is 2.20. The minimum absolute atomic E-state index is 0.112. The molecule has 0 saturated heterocycles. The third-order valence-electron chi connectivity index (χ3n) is 3.06. The van der Waals surface area contributed by atoms with E-state index in [0.717, 1.165) is 10.0 Å². The second kappa shape index (κ2) is 8.26. The van der Waals surface area contributed by atoms with Crippen molar-refractivity contribution in [1.82, 2.24) is 10.9 Å². The number of nitrogens with one attached hydrogen (secondary N) is 3. The van der Waals surface area contributed by atoms with Gasteiger partial charge in [0.2, 0.25) is 11.8 Å². The largest absolute Gasteiger partial charge is 0.326 e. The second-order valence-electron chi connectivity index (χ2n) is 5.06. The Morgan fingerprint density at radius 1 is 0.917 bits per heavy atom. The summed E-state index contributed by atoms with van der Waals surface area (Å²) in [6, 6.07) is 13.7. The van der Waals surface area contributed by atoms with Crippen molar-refractivity contribution in [2.75, 3.05) is 5.32 Å². The van der Waals surface area contributed by atoms with Crippen LogP contribution in [0.5, 0.6) is 0 Å². The number of hydrogen-bond donors (Lipinski definition) is 3. The predicted octanol–water partition coefficient (Wildman–Crippen LogP) is 2.41. The summed E-state index contributed by atoms with van der Waals surface area (Å²) in [5.74, 6) is -0.888. The van der Waals surface area contributed by atoms with E-state index in [-0.39, 0.29) is 18.2 Å². The maximum atomic E-state index is 11.9. The zero-order chi connectivity index (χ0) is 17.5. The molecule has 0 aliphatic carbocycles. The van der Waals surface area contributed by atoms with E-state index in [2.05, 4.69) is 32.1 Å². The molecule has 3 amide bonds. The van der Waals surface area contributed by atoms with Crippen molar-refractivity contribution in [2.45, 2.75) is 13.3 Å². The van der Waals surface area contributed by atoms with Gasteiger partial charge in [0.25, 0.3) is 5.91 Å². The Morgan fingerprint density at radius 2 is 1.54 bits per heavy atom. The first kappa shape index (κ1) is 17.7. The number of benzene rings is 2. The van der Waals surface area contributed by atoms with Crippen molar-refractivity contribution in [3.8, 4) is 0 Å². The van der Waals surface area contributed by atoms with Crippen molar-refractivity contribution in [3.63, 3.8) is 0 Å². The van der Waals surface area contributed by atoms with E-state index in [1.165, 1.54) is 6.92 Å². The van der Waals surface area contributed by atoms with Crippen LogP contribution in [0.4, 0.5) is 5.69 Å². The van der Waals surface area contributed by atoms with Crippen LogP contribution in [0.3, 0.4) is 0 Å². The Hall–Kier alpha value is -2.67. The van der Waals surface area contributed by atoms with Crippen molar-refractivity contribution in [1.29, 1.82) is 0 Å². The molecule has 0 spiro atoms. The number of carbonyl (C=O) groups excluding carboxylic acids is 3. The number of amides is 3. The van der Waals surface area contributed by atoms with Crippen LogP contribution in [-0.2, 0) is 16.0 Å². The van der Waals surface area contributed by atoms with Gasteiger partial charge >= 0.3 is 0 Å². The van der Waals surface area contributed by atoms with Gasteiger partial charge in [0.15, 0.2) is 0 Å². The van der Waals surface area contributed by atoms with Gasteiger partial charge in [0, 0.05) is 22.6 Å². The van der Waals surface area contributed by atoms with Crippen LogP contribution in [-0.4, -0.2) is 17.7 Å². The van der Waals surface area contributed by atoms with E-state index >= 15 is 0 Å². The molecule has 0 saturated carbocycles. The first-order valence-electron chi connectivity index (χ1n) is 7.15. The van der Waals surface area contributed by atoms with Crippen molar-refractivity contribution >= 4 is 39.3 Å². The van der Waals surface area contributed by atoms with Crippen LogP contribution >= 0.6 is 15.9 Å². The summed E-state index contributed by atoms with van der Waals surface area (Å²) in [4.78, 5) is 34.7. The first-order chi connectivity index (χ1) is 11.4. The molecule has 6 nitrogen and oxygen atoms in total. The minimum Gasteiger partial charge on any atom is -0.326 e. The number of rotatable bonds is 4. The highest BCUT2D eigenvalue weighted by atomic mass is 79.9. The van der Waals surface area contributed by atoms with E-state index in [1.54, 1.807) is 48.5 Å². The molecule has 2 rings (SSSR count). The van der Waals surface area contributed by atoms with E-state index in [4.69, 9.17) is 0 Å². The molecule has 0 aromatic heterocycles. The Labute approximate surface area is 147 Å². The van der Waals surface area contributed by atoms with Crippen LogP contribution < -0.4 is 16.2 Å². The number of anilines is 1. The van der Waals surface area contributed by atoms with Crippen molar-refractivity contribution < 1.29 is 14.4 Å². The monoisotopic (exact) mass is 389 g/mol. The molecule has 7 heteroatoms. The Morgan fingerprint density at radius 3 is 2.12 bits per heavy atom. The number of carbonyl (C=O) groups is 3. The second-order valence-corrected chi connectivity index (χ2v) is 5.98. The Balaban J connectivity index is 1.83. The van der Waals surface area contributed by atoms with Gasteiger partial charge in [-0.15, -0.1) is 0 Å². The van der Waals surface area contributed by atoms with Gasteiger partial charge < -0.3 is 5.32 Å². The molecule has 0 aliphatic heterocycles. The molecule has 124 valence electrons. The van der Waals surface area contributed by atoms with Crippen LogP contribution in [0, 0.1) is 0 Å². The van der Waals surface area contributed by atoms with Crippen LogP contribution in [0.15, 0.2) is 53.0 Å². The van der Waals surface area contributed by atoms with E-state index in [0.29, 0.717) is 11.3 Å². The summed E-state index contributed by atoms with van der Waals surface area (Å²) in [6.45, 7) is 1.43. The van der Waals surface area contributed by atoms with Gasteiger partial charge in [-0.2, -0.15) is 0 Å². The van der Waals surface area contributed by atoms with Gasteiger partial charge in [-0.25, -0.2) is 0 Å². The minimum atomic E-state index is -0.392. The van der Waals surface area contributed by atoms with Gasteiger partial charge in [-0.05, 0) is 42.0 Å². The third kappa shape index (κ3) is 5.51. The average molecular weight is 390 g/mol. The molecule has 2 aromatic rings. The Bertz CT molecular complexity index is 743. The summed E-state index contributed by atoms with van der Waals surface area (Å²) < 4.78 is 0.866. The molecule has 2 aromatic carbocycles. The van der Waals surface area contributed by atoms with Gasteiger partial charge in [0.1, 0.15) is 0 Å². The smallest absolute Gasteiger partial charge is 0.269 e. The molecular formula is C17H16BrN3O3. The van der Waals surface area contributed by atoms with Crippen LogP contribution in [0.1, 0.15) is 22.8 Å². The molecule has 24 heavy (non-hydrogen) atoms. The van der Waals surface area contributed by atoms with Crippen molar-refractivity contribution in [3.05, 3.63) is 64.1 Å². The number of halogens is 1. The first-order valence-corrected chi connectivity index (χ1v) is 7.94. The van der Waals surface area contributed by atoms with Gasteiger partial charge in [0.05, 0.1) is 6.42 Å².